The van der Waals surface area contributed by atoms with Crippen molar-refractivity contribution in [2.75, 3.05) is 19.0 Å². The summed E-state index contributed by atoms with van der Waals surface area (Å²) in [6, 6.07) is 13.1. The summed E-state index contributed by atoms with van der Waals surface area (Å²) in [5, 5.41) is 0. The predicted molar refractivity (Wildman–Crippen MR) is 132 cm³/mol. The van der Waals surface area contributed by atoms with E-state index in [0.717, 1.165) is 11.1 Å². The lowest BCUT2D eigenvalue weighted by Gasteiger charge is -2.46. The van der Waals surface area contributed by atoms with Crippen molar-refractivity contribution in [2.24, 2.45) is 10.3 Å². The monoisotopic (exact) mass is 511 g/mol. The number of hydrogen-bond acceptors (Lipinski definition) is 4. The number of rotatable bonds is 6. The summed E-state index contributed by atoms with van der Waals surface area (Å²) in [4.78, 5) is 1.99. The molecule has 10 heteroatoms. The van der Waals surface area contributed by atoms with Crippen LogP contribution in [0, 0.1) is 19.8 Å². The van der Waals surface area contributed by atoms with Gasteiger partial charge in [-0.3, -0.25) is 0 Å². The number of hydrogen-bond donors (Lipinski definition) is 0. The smallest absolute Gasteiger partial charge is 0.283 e. The zero-order chi connectivity index (χ0) is 24.4. The SMILES string of the molecule is Cc1ccc(S(=O)(=O)N=C(CCl)N2CCCN(S(=O)(=O)c3ccc(C)cc3)C2C(C)C)cc1. The van der Waals surface area contributed by atoms with Gasteiger partial charge in [0.15, 0.2) is 0 Å². The van der Waals surface area contributed by atoms with E-state index in [1.165, 1.54) is 16.4 Å². The van der Waals surface area contributed by atoms with Crippen LogP contribution >= 0.6 is 11.6 Å². The molecular weight excluding hydrogens is 482 g/mol. The number of aryl methyl sites for hydroxylation is 2. The largest absolute Gasteiger partial charge is 0.341 e. The highest BCUT2D eigenvalue weighted by molar-refractivity contribution is 7.90. The lowest BCUT2D eigenvalue weighted by molar-refractivity contribution is 0.0841. The van der Waals surface area contributed by atoms with Gasteiger partial charge in [-0.05, 0) is 50.5 Å². The quantitative estimate of drug-likeness (QED) is 0.332. The highest BCUT2D eigenvalue weighted by atomic mass is 35.5. The van der Waals surface area contributed by atoms with E-state index in [1.54, 1.807) is 41.3 Å². The van der Waals surface area contributed by atoms with Gasteiger partial charge in [0, 0.05) is 13.1 Å². The van der Waals surface area contributed by atoms with Crippen molar-refractivity contribution < 1.29 is 16.8 Å². The van der Waals surface area contributed by atoms with Gasteiger partial charge in [0.05, 0.1) is 21.8 Å². The molecule has 0 spiro atoms. The number of halogens is 1. The van der Waals surface area contributed by atoms with Gasteiger partial charge in [0.25, 0.3) is 10.0 Å². The second kappa shape index (κ2) is 10.1. The molecule has 1 aliphatic rings. The van der Waals surface area contributed by atoms with Gasteiger partial charge < -0.3 is 4.90 Å². The van der Waals surface area contributed by atoms with Crippen LogP contribution in [-0.2, 0) is 20.0 Å². The van der Waals surface area contributed by atoms with E-state index in [9.17, 15) is 16.8 Å². The number of alkyl halides is 1. The molecule has 1 atom stereocenters. The third-order valence-corrected chi connectivity index (χ3v) is 9.05. The van der Waals surface area contributed by atoms with Crippen LogP contribution in [0.2, 0.25) is 0 Å². The summed E-state index contributed by atoms with van der Waals surface area (Å²) >= 11 is 6.18. The second-order valence-electron chi connectivity index (χ2n) is 8.56. The first kappa shape index (κ1) is 25.7. The Bertz CT molecular complexity index is 1210. The number of benzene rings is 2. The topological polar surface area (TPSA) is 87.1 Å². The van der Waals surface area contributed by atoms with E-state index >= 15 is 0 Å². The Hall–Kier alpha value is -1.94. The van der Waals surface area contributed by atoms with Crippen LogP contribution in [0.5, 0.6) is 0 Å². The van der Waals surface area contributed by atoms with E-state index in [2.05, 4.69) is 4.40 Å². The molecule has 0 amide bonds. The minimum Gasteiger partial charge on any atom is -0.341 e. The zero-order valence-electron chi connectivity index (χ0n) is 19.3. The lowest BCUT2D eigenvalue weighted by Crippen LogP contribution is -2.60. The molecule has 0 radical (unpaired) electrons. The minimum atomic E-state index is -4.00. The van der Waals surface area contributed by atoms with Gasteiger partial charge in [-0.15, -0.1) is 16.0 Å². The van der Waals surface area contributed by atoms with E-state index in [0.29, 0.717) is 19.5 Å². The average Bonchev–Trinajstić information content (AvgIpc) is 2.77. The Balaban J connectivity index is 2.02. The molecule has 0 aliphatic carbocycles. The first-order valence-electron chi connectivity index (χ1n) is 10.8. The Morgan fingerprint density at radius 3 is 1.94 bits per heavy atom. The molecule has 1 fully saturated rings. The summed E-state index contributed by atoms with van der Waals surface area (Å²) in [6.45, 7) is 8.36. The molecule has 0 N–H and O–H groups in total. The van der Waals surface area contributed by atoms with Crippen LogP contribution in [0.15, 0.2) is 62.7 Å². The average molecular weight is 512 g/mol. The van der Waals surface area contributed by atoms with Crippen LogP contribution in [-0.4, -0.2) is 57.0 Å². The van der Waals surface area contributed by atoms with Gasteiger partial charge in [-0.1, -0.05) is 49.2 Å². The highest BCUT2D eigenvalue weighted by Crippen LogP contribution is 2.29. The molecule has 3 rings (SSSR count). The summed E-state index contributed by atoms with van der Waals surface area (Å²) in [5.74, 6) is -0.159. The van der Waals surface area contributed by atoms with Gasteiger partial charge in [0.2, 0.25) is 10.0 Å². The van der Waals surface area contributed by atoms with Gasteiger partial charge in [0.1, 0.15) is 5.84 Å². The van der Waals surface area contributed by atoms with Crippen LogP contribution in [0.25, 0.3) is 0 Å². The molecule has 7 nitrogen and oxygen atoms in total. The van der Waals surface area contributed by atoms with Crippen molar-refractivity contribution >= 4 is 37.5 Å². The van der Waals surface area contributed by atoms with Crippen LogP contribution in [0.4, 0.5) is 0 Å². The van der Waals surface area contributed by atoms with E-state index in [1.807, 2.05) is 27.7 Å². The Labute approximate surface area is 202 Å². The third-order valence-electron chi connectivity index (χ3n) is 5.61. The Kier molecular flexibility index (Phi) is 7.88. The van der Waals surface area contributed by atoms with Crippen LogP contribution < -0.4 is 0 Å². The van der Waals surface area contributed by atoms with E-state index in [4.69, 9.17) is 11.6 Å². The molecule has 180 valence electrons. The van der Waals surface area contributed by atoms with Crippen LogP contribution in [0.1, 0.15) is 31.4 Å². The lowest BCUT2D eigenvalue weighted by atomic mass is 10.1. The number of amidine groups is 1. The molecule has 1 aliphatic heterocycles. The van der Waals surface area contributed by atoms with Gasteiger partial charge in [-0.2, -0.15) is 12.7 Å². The summed E-state index contributed by atoms with van der Waals surface area (Å²) in [7, 11) is -7.81. The van der Waals surface area contributed by atoms with Crippen molar-refractivity contribution in [3.05, 3.63) is 59.7 Å². The summed E-state index contributed by atoms with van der Waals surface area (Å²) in [5.41, 5.74) is 1.90. The van der Waals surface area contributed by atoms with E-state index < -0.39 is 26.2 Å². The first-order valence-corrected chi connectivity index (χ1v) is 14.2. The van der Waals surface area contributed by atoms with Gasteiger partial charge in [-0.25, -0.2) is 8.42 Å². The van der Waals surface area contributed by atoms with Crippen molar-refractivity contribution in [3.8, 4) is 0 Å². The fraction of sp³-hybridized carbons (Fsp3) is 0.435. The first-order chi connectivity index (χ1) is 15.5. The maximum absolute atomic E-state index is 13.5. The van der Waals surface area contributed by atoms with Crippen molar-refractivity contribution in [1.29, 1.82) is 0 Å². The Morgan fingerprint density at radius 2 is 1.45 bits per heavy atom. The molecule has 2 aromatic carbocycles. The molecule has 0 bridgehead atoms. The second-order valence-corrected chi connectivity index (χ2v) is 12.3. The fourth-order valence-electron chi connectivity index (χ4n) is 3.95. The highest BCUT2D eigenvalue weighted by Gasteiger charge is 2.41. The number of nitrogens with zero attached hydrogens (tertiary/aromatic N) is 3. The van der Waals surface area contributed by atoms with Crippen molar-refractivity contribution in [1.82, 2.24) is 9.21 Å². The molecule has 33 heavy (non-hydrogen) atoms. The molecule has 0 aromatic heterocycles. The van der Waals surface area contributed by atoms with Crippen molar-refractivity contribution in [3.63, 3.8) is 0 Å². The standard InChI is InChI=1S/C23H30ClN3O4S2/c1-17(2)23-26(22(16-24)25-32(28,29)20-10-6-18(3)7-11-20)14-5-15-27(23)33(30,31)21-12-8-19(4)9-13-21/h6-13,17,23H,5,14-16H2,1-4H3. The zero-order valence-corrected chi connectivity index (χ0v) is 21.7. The third kappa shape index (κ3) is 5.59. The van der Waals surface area contributed by atoms with Crippen LogP contribution in [0.3, 0.4) is 0 Å². The summed E-state index contributed by atoms with van der Waals surface area (Å²) < 4.78 is 58.4. The fourth-order valence-corrected chi connectivity index (χ4v) is 7.03. The van der Waals surface area contributed by atoms with Gasteiger partial charge >= 0.3 is 0 Å². The minimum absolute atomic E-state index is 0.0676. The summed E-state index contributed by atoms with van der Waals surface area (Å²) in [6.07, 6.45) is -0.0924. The molecule has 0 saturated carbocycles. The normalized spacial score (nSPS) is 18.7. The molecule has 1 saturated heterocycles. The maximum Gasteiger partial charge on any atom is 0.283 e. The maximum atomic E-state index is 13.5. The predicted octanol–water partition coefficient (Wildman–Crippen LogP) is 4.01. The molecule has 1 unspecified atom stereocenters. The Morgan fingerprint density at radius 1 is 0.939 bits per heavy atom. The number of sulfonamides is 2. The molecule has 2 aromatic rings. The van der Waals surface area contributed by atoms with Crippen molar-refractivity contribution in [2.45, 2.75) is 50.1 Å². The molecule has 1 heterocycles. The molecular formula is C23H30ClN3O4S2. The van der Waals surface area contributed by atoms with E-state index in [-0.39, 0.29) is 27.4 Å².